The molecule has 3 atom stereocenters. The van der Waals surface area contributed by atoms with Crippen LogP contribution in [0.3, 0.4) is 0 Å². The summed E-state index contributed by atoms with van der Waals surface area (Å²) in [7, 11) is -3.46. The Morgan fingerprint density at radius 2 is 1.85 bits per heavy atom. The van der Waals surface area contributed by atoms with Crippen LogP contribution >= 0.6 is 11.6 Å². The number of hydrogen-bond donors (Lipinski definition) is 2. The van der Waals surface area contributed by atoms with Crippen molar-refractivity contribution in [1.29, 1.82) is 0 Å². The topological polar surface area (TPSA) is 111 Å². The van der Waals surface area contributed by atoms with Crippen molar-refractivity contribution in [3.8, 4) is 0 Å². The number of carbonyl (C=O) groups excluding carboxylic acids is 2. The molecule has 0 radical (unpaired) electrons. The predicted octanol–water partition coefficient (Wildman–Crippen LogP) is 3.51. The summed E-state index contributed by atoms with van der Waals surface area (Å²) in [5, 5.41) is 8.70. The van der Waals surface area contributed by atoms with Gasteiger partial charge in [0.05, 0.1) is 4.90 Å². The van der Waals surface area contributed by atoms with E-state index >= 15 is 0 Å². The number of carbonyl (C=O) groups is 2. The third kappa shape index (κ3) is 6.93. The molecular weight excluding hydrogens is 378 g/mol. The molecule has 0 aromatic heterocycles. The Balaban J connectivity index is 3.10. The molecule has 3 N–H and O–H groups in total. The molecule has 0 aliphatic heterocycles. The van der Waals surface area contributed by atoms with Crippen molar-refractivity contribution in [2.75, 3.05) is 0 Å². The molecule has 1 aromatic rings. The highest BCUT2D eigenvalue weighted by molar-refractivity contribution is 7.91. The minimum absolute atomic E-state index is 0.176. The molecule has 0 saturated heterocycles. The van der Waals surface area contributed by atoms with E-state index in [0.29, 0.717) is 11.4 Å². The van der Waals surface area contributed by atoms with Crippen LogP contribution in [0.15, 0.2) is 33.5 Å². The summed E-state index contributed by atoms with van der Waals surface area (Å²) < 4.78 is 21.5. The summed E-state index contributed by atoms with van der Waals surface area (Å²) in [6.45, 7) is 8.77. The number of benzene rings is 1. The molecule has 0 saturated carbocycles. The third-order valence-electron chi connectivity index (χ3n) is 3.53. The first kappa shape index (κ1) is 22.4. The second-order valence-corrected chi connectivity index (χ2v) is 9.19. The molecular formula is C17H26ClN3O4S. The monoisotopic (exact) mass is 403 g/mol. The number of nitrogens with one attached hydrogen (secondary N) is 1. The first-order chi connectivity index (χ1) is 11.9. The average Bonchev–Trinajstić information content (AvgIpc) is 2.50. The lowest BCUT2D eigenvalue weighted by atomic mass is 9.99. The molecule has 1 rings (SSSR count). The molecule has 0 bridgehead atoms. The summed E-state index contributed by atoms with van der Waals surface area (Å²) in [6, 6.07) is 4.91. The minimum atomic E-state index is -3.46. The van der Waals surface area contributed by atoms with Crippen LogP contribution in [0.2, 0.25) is 5.02 Å². The lowest BCUT2D eigenvalue weighted by Crippen LogP contribution is -2.46. The van der Waals surface area contributed by atoms with Gasteiger partial charge in [0.1, 0.15) is 21.6 Å². The van der Waals surface area contributed by atoms with Crippen molar-refractivity contribution in [2.24, 2.45) is 15.4 Å². The highest BCUT2D eigenvalue weighted by Gasteiger charge is 2.29. The zero-order chi connectivity index (χ0) is 20.1. The van der Waals surface area contributed by atoms with E-state index in [1.807, 2.05) is 6.92 Å². The molecule has 0 aliphatic carbocycles. The summed E-state index contributed by atoms with van der Waals surface area (Å²) in [6.07, 6.45) is -0.157. The molecule has 0 heterocycles. The SMILES string of the molecule is CC[C@H](C)[C@H](NC(=O)OC(C)(C)C)C(=O)N=S(N)(=O)c1ccc(Cl)cc1. The van der Waals surface area contributed by atoms with Gasteiger partial charge in [0.15, 0.2) is 0 Å². The van der Waals surface area contributed by atoms with E-state index in [2.05, 4.69) is 9.68 Å². The Bertz CT molecular complexity index is 765. The predicted molar refractivity (Wildman–Crippen MR) is 102 cm³/mol. The van der Waals surface area contributed by atoms with Crippen molar-refractivity contribution in [3.05, 3.63) is 29.3 Å². The summed E-state index contributed by atoms with van der Waals surface area (Å²) in [5.41, 5.74) is -0.713. The Hall–Kier alpha value is -1.64. The van der Waals surface area contributed by atoms with E-state index in [4.69, 9.17) is 21.5 Å². The van der Waals surface area contributed by atoms with Gasteiger partial charge in [-0.3, -0.25) is 4.79 Å². The summed E-state index contributed by atoms with van der Waals surface area (Å²) in [5.74, 6) is -1.02. The van der Waals surface area contributed by atoms with Gasteiger partial charge in [0.25, 0.3) is 5.91 Å². The first-order valence-electron chi connectivity index (χ1n) is 8.19. The van der Waals surface area contributed by atoms with Crippen LogP contribution < -0.4 is 10.5 Å². The molecule has 26 heavy (non-hydrogen) atoms. The highest BCUT2D eigenvalue weighted by atomic mass is 35.5. The van der Waals surface area contributed by atoms with Gasteiger partial charge in [-0.25, -0.2) is 14.1 Å². The quantitative estimate of drug-likeness (QED) is 0.783. The van der Waals surface area contributed by atoms with E-state index in [1.165, 1.54) is 24.3 Å². The number of ether oxygens (including phenoxy) is 1. The lowest BCUT2D eigenvalue weighted by molar-refractivity contribution is -0.120. The van der Waals surface area contributed by atoms with Gasteiger partial charge in [0, 0.05) is 5.02 Å². The van der Waals surface area contributed by atoms with Gasteiger partial charge >= 0.3 is 6.09 Å². The van der Waals surface area contributed by atoms with E-state index in [-0.39, 0.29) is 10.8 Å². The number of nitrogens with two attached hydrogens (primary N) is 1. The molecule has 9 heteroatoms. The highest BCUT2D eigenvalue weighted by Crippen LogP contribution is 2.17. The van der Waals surface area contributed by atoms with E-state index in [1.54, 1.807) is 27.7 Å². The van der Waals surface area contributed by atoms with E-state index in [0.717, 1.165) is 0 Å². The van der Waals surface area contributed by atoms with Crippen molar-refractivity contribution < 1.29 is 18.5 Å². The van der Waals surface area contributed by atoms with Gasteiger partial charge in [-0.15, -0.1) is 4.36 Å². The van der Waals surface area contributed by atoms with Crippen LogP contribution in [0.25, 0.3) is 0 Å². The van der Waals surface area contributed by atoms with Crippen LogP contribution in [0.1, 0.15) is 41.0 Å². The molecule has 0 spiro atoms. The van der Waals surface area contributed by atoms with Gasteiger partial charge < -0.3 is 10.1 Å². The smallest absolute Gasteiger partial charge is 0.408 e. The number of alkyl carbamates (subject to hydrolysis) is 1. The average molecular weight is 404 g/mol. The number of nitrogens with zero attached hydrogens (tertiary/aromatic N) is 1. The molecule has 7 nitrogen and oxygen atoms in total. The fourth-order valence-corrected chi connectivity index (χ4v) is 3.13. The second kappa shape index (κ2) is 8.83. The van der Waals surface area contributed by atoms with Crippen molar-refractivity contribution in [3.63, 3.8) is 0 Å². The Labute approximate surface area is 159 Å². The number of rotatable bonds is 5. The maximum atomic E-state index is 12.6. The largest absolute Gasteiger partial charge is 0.444 e. The summed E-state index contributed by atoms with van der Waals surface area (Å²) >= 11 is 5.80. The van der Waals surface area contributed by atoms with Crippen LogP contribution in [0.5, 0.6) is 0 Å². The van der Waals surface area contributed by atoms with Crippen LogP contribution in [-0.2, 0) is 19.4 Å². The molecule has 2 amide bonds. The Kier molecular flexibility index (Phi) is 7.61. The van der Waals surface area contributed by atoms with Crippen molar-refractivity contribution >= 4 is 33.5 Å². The van der Waals surface area contributed by atoms with E-state index < -0.39 is 33.6 Å². The van der Waals surface area contributed by atoms with E-state index in [9.17, 15) is 13.8 Å². The normalized spacial score (nSPS) is 16.1. The first-order valence-corrected chi connectivity index (χ1v) is 10.1. The minimum Gasteiger partial charge on any atom is -0.444 e. The van der Waals surface area contributed by atoms with Crippen molar-refractivity contribution in [1.82, 2.24) is 5.32 Å². The fraction of sp³-hybridized carbons (Fsp3) is 0.529. The molecule has 146 valence electrons. The number of amides is 2. The maximum absolute atomic E-state index is 12.6. The van der Waals surface area contributed by atoms with Gasteiger partial charge in [-0.2, -0.15) is 0 Å². The zero-order valence-corrected chi connectivity index (χ0v) is 17.2. The summed E-state index contributed by atoms with van der Waals surface area (Å²) in [4.78, 5) is 24.8. The number of hydrogen-bond acceptors (Lipinski definition) is 4. The van der Waals surface area contributed by atoms with Gasteiger partial charge in [0.2, 0.25) is 0 Å². The van der Waals surface area contributed by atoms with Crippen LogP contribution in [-0.4, -0.2) is 27.9 Å². The fourth-order valence-electron chi connectivity index (χ4n) is 1.99. The number of halogens is 1. The third-order valence-corrected chi connectivity index (χ3v) is 5.18. The molecule has 0 aliphatic rings. The van der Waals surface area contributed by atoms with Crippen molar-refractivity contribution in [2.45, 2.75) is 57.6 Å². The molecule has 1 aromatic carbocycles. The van der Waals surface area contributed by atoms with Gasteiger partial charge in [-0.1, -0.05) is 31.9 Å². The van der Waals surface area contributed by atoms with Crippen LogP contribution in [0, 0.1) is 5.92 Å². The molecule has 0 fully saturated rings. The second-order valence-electron chi connectivity index (χ2n) is 6.96. The maximum Gasteiger partial charge on any atom is 0.408 e. The van der Waals surface area contributed by atoms with Crippen LogP contribution in [0.4, 0.5) is 4.79 Å². The Morgan fingerprint density at radius 1 is 1.31 bits per heavy atom. The van der Waals surface area contributed by atoms with Gasteiger partial charge in [-0.05, 0) is 51.0 Å². The molecule has 1 unspecified atom stereocenters. The Morgan fingerprint density at radius 3 is 2.31 bits per heavy atom. The lowest BCUT2D eigenvalue weighted by Gasteiger charge is -2.25. The zero-order valence-electron chi connectivity index (χ0n) is 15.6. The standard InChI is InChI=1S/C17H26ClN3O4S/c1-6-11(2)14(20-16(23)25-17(3,4)5)15(22)21-26(19,24)13-9-7-12(18)8-10-13/h7-11,14H,6H2,1-5H3,(H,20,23)(H2,19,21,22,24)/t11-,14-,26?/m0/s1.